The van der Waals surface area contributed by atoms with Crippen molar-refractivity contribution < 1.29 is 5.11 Å². The molecule has 2 rings (SSSR count). The standard InChI is InChI=1S/C10H10N2O/c1-7-4-2-3-5-8(7)10-9(13)6-11-12-10/h2-6,13H,1H3,(H,11,12). The Morgan fingerprint density at radius 1 is 1.31 bits per heavy atom. The predicted octanol–water partition coefficient (Wildman–Crippen LogP) is 2.09. The zero-order chi connectivity index (χ0) is 9.26. The van der Waals surface area contributed by atoms with Gasteiger partial charge in [0.25, 0.3) is 0 Å². The second-order valence-electron chi connectivity index (χ2n) is 2.95. The van der Waals surface area contributed by atoms with E-state index in [1.165, 1.54) is 6.20 Å². The smallest absolute Gasteiger partial charge is 0.161 e. The quantitative estimate of drug-likeness (QED) is 0.695. The molecule has 0 atom stereocenters. The van der Waals surface area contributed by atoms with Gasteiger partial charge in [-0.2, -0.15) is 5.10 Å². The monoisotopic (exact) mass is 174 g/mol. The van der Waals surface area contributed by atoms with Crippen molar-refractivity contribution in [3.8, 4) is 17.0 Å². The molecule has 0 radical (unpaired) electrons. The Labute approximate surface area is 76.0 Å². The van der Waals surface area contributed by atoms with E-state index in [9.17, 15) is 5.11 Å². The van der Waals surface area contributed by atoms with Gasteiger partial charge in [0.1, 0.15) is 5.69 Å². The summed E-state index contributed by atoms with van der Waals surface area (Å²) in [6.07, 6.45) is 1.40. The first-order chi connectivity index (χ1) is 6.29. The molecule has 1 aromatic carbocycles. The van der Waals surface area contributed by atoms with Crippen molar-refractivity contribution in [3.63, 3.8) is 0 Å². The third-order valence-corrected chi connectivity index (χ3v) is 2.03. The highest BCUT2D eigenvalue weighted by Crippen LogP contribution is 2.28. The number of rotatable bonds is 1. The number of nitrogens with zero attached hydrogens (tertiary/aromatic N) is 1. The van der Waals surface area contributed by atoms with Crippen LogP contribution >= 0.6 is 0 Å². The van der Waals surface area contributed by atoms with Crippen LogP contribution in [0.15, 0.2) is 30.5 Å². The van der Waals surface area contributed by atoms with Crippen LogP contribution in [0.3, 0.4) is 0 Å². The third kappa shape index (κ3) is 1.28. The minimum absolute atomic E-state index is 0.189. The second kappa shape index (κ2) is 2.94. The Morgan fingerprint density at radius 2 is 2.08 bits per heavy atom. The average molecular weight is 174 g/mol. The predicted molar refractivity (Wildman–Crippen MR) is 50.4 cm³/mol. The number of aromatic hydroxyl groups is 1. The number of hydrogen-bond donors (Lipinski definition) is 2. The SMILES string of the molecule is Cc1ccccc1-c1[nH]ncc1O. The summed E-state index contributed by atoms with van der Waals surface area (Å²) in [6, 6.07) is 7.84. The highest BCUT2D eigenvalue weighted by atomic mass is 16.3. The largest absolute Gasteiger partial charge is 0.504 e. The van der Waals surface area contributed by atoms with E-state index in [1.54, 1.807) is 0 Å². The molecule has 0 aliphatic carbocycles. The van der Waals surface area contributed by atoms with Gasteiger partial charge in [0.05, 0.1) is 6.20 Å². The molecular formula is C10H10N2O. The summed E-state index contributed by atoms with van der Waals surface area (Å²) >= 11 is 0. The molecule has 0 spiro atoms. The van der Waals surface area contributed by atoms with Crippen molar-refractivity contribution in [2.75, 3.05) is 0 Å². The minimum atomic E-state index is 0.189. The van der Waals surface area contributed by atoms with Crippen molar-refractivity contribution in [2.24, 2.45) is 0 Å². The maximum absolute atomic E-state index is 9.43. The first-order valence-corrected chi connectivity index (χ1v) is 4.07. The van der Waals surface area contributed by atoms with E-state index in [2.05, 4.69) is 10.2 Å². The van der Waals surface area contributed by atoms with Crippen molar-refractivity contribution in [1.29, 1.82) is 0 Å². The highest BCUT2D eigenvalue weighted by Gasteiger charge is 2.07. The van der Waals surface area contributed by atoms with Crippen molar-refractivity contribution in [1.82, 2.24) is 10.2 Å². The van der Waals surface area contributed by atoms with Crippen LogP contribution in [-0.2, 0) is 0 Å². The van der Waals surface area contributed by atoms with Crippen LogP contribution in [0.1, 0.15) is 5.56 Å². The Morgan fingerprint density at radius 3 is 2.69 bits per heavy atom. The summed E-state index contributed by atoms with van der Waals surface area (Å²) in [5, 5.41) is 16.0. The first kappa shape index (κ1) is 7.86. The van der Waals surface area contributed by atoms with E-state index in [-0.39, 0.29) is 5.75 Å². The zero-order valence-corrected chi connectivity index (χ0v) is 7.28. The summed E-state index contributed by atoms with van der Waals surface area (Å²) in [4.78, 5) is 0. The topological polar surface area (TPSA) is 48.9 Å². The Hall–Kier alpha value is -1.77. The Balaban J connectivity index is 2.59. The molecule has 0 fully saturated rings. The fraction of sp³-hybridized carbons (Fsp3) is 0.100. The molecule has 0 saturated carbocycles. The lowest BCUT2D eigenvalue weighted by Crippen LogP contribution is -1.82. The zero-order valence-electron chi connectivity index (χ0n) is 7.28. The number of H-pyrrole nitrogens is 1. The maximum atomic E-state index is 9.43. The van der Waals surface area contributed by atoms with Gasteiger partial charge in [0, 0.05) is 5.56 Å². The molecule has 0 saturated heterocycles. The Kier molecular flexibility index (Phi) is 1.77. The van der Waals surface area contributed by atoms with E-state index >= 15 is 0 Å². The van der Waals surface area contributed by atoms with E-state index in [0.29, 0.717) is 5.69 Å². The molecule has 66 valence electrons. The summed E-state index contributed by atoms with van der Waals surface area (Å²) in [5.74, 6) is 0.189. The van der Waals surface area contributed by atoms with E-state index in [0.717, 1.165) is 11.1 Å². The van der Waals surface area contributed by atoms with E-state index < -0.39 is 0 Å². The van der Waals surface area contributed by atoms with Gasteiger partial charge in [0.15, 0.2) is 5.75 Å². The lowest BCUT2D eigenvalue weighted by molar-refractivity contribution is 0.477. The lowest BCUT2D eigenvalue weighted by atomic mass is 10.1. The Bertz CT molecular complexity index is 420. The van der Waals surface area contributed by atoms with Crippen LogP contribution in [0.5, 0.6) is 5.75 Å². The number of hydrogen-bond acceptors (Lipinski definition) is 2. The van der Waals surface area contributed by atoms with Crippen LogP contribution in [0, 0.1) is 6.92 Å². The van der Waals surface area contributed by atoms with Crippen molar-refractivity contribution in [3.05, 3.63) is 36.0 Å². The van der Waals surface area contributed by atoms with Gasteiger partial charge in [-0.3, -0.25) is 5.10 Å². The molecular weight excluding hydrogens is 164 g/mol. The molecule has 2 aromatic rings. The van der Waals surface area contributed by atoms with Crippen molar-refractivity contribution in [2.45, 2.75) is 6.92 Å². The van der Waals surface area contributed by atoms with Gasteiger partial charge in [-0.05, 0) is 12.5 Å². The average Bonchev–Trinajstić information content (AvgIpc) is 2.52. The van der Waals surface area contributed by atoms with Crippen molar-refractivity contribution >= 4 is 0 Å². The summed E-state index contributed by atoms with van der Waals surface area (Å²) < 4.78 is 0. The molecule has 0 aliphatic heterocycles. The highest BCUT2D eigenvalue weighted by molar-refractivity contribution is 5.68. The summed E-state index contributed by atoms with van der Waals surface area (Å²) in [7, 11) is 0. The normalized spacial score (nSPS) is 10.2. The minimum Gasteiger partial charge on any atom is -0.504 e. The number of aromatic nitrogens is 2. The fourth-order valence-electron chi connectivity index (χ4n) is 1.33. The van der Waals surface area contributed by atoms with E-state index in [4.69, 9.17) is 0 Å². The van der Waals surface area contributed by atoms with Gasteiger partial charge in [-0.1, -0.05) is 24.3 Å². The molecule has 3 nitrogen and oxygen atoms in total. The van der Waals surface area contributed by atoms with Crippen LogP contribution in [-0.4, -0.2) is 15.3 Å². The third-order valence-electron chi connectivity index (χ3n) is 2.03. The number of benzene rings is 1. The van der Waals surface area contributed by atoms with Gasteiger partial charge in [0.2, 0.25) is 0 Å². The molecule has 0 amide bonds. The van der Waals surface area contributed by atoms with Gasteiger partial charge in [-0.15, -0.1) is 0 Å². The fourth-order valence-corrected chi connectivity index (χ4v) is 1.33. The molecule has 3 heteroatoms. The number of aryl methyl sites for hydroxylation is 1. The first-order valence-electron chi connectivity index (χ1n) is 4.07. The number of nitrogens with one attached hydrogen (secondary N) is 1. The maximum Gasteiger partial charge on any atom is 0.161 e. The molecule has 0 bridgehead atoms. The molecule has 0 unspecified atom stereocenters. The molecule has 2 N–H and O–H groups in total. The van der Waals surface area contributed by atoms with Crippen LogP contribution in [0.4, 0.5) is 0 Å². The van der Waals surface area contributed by atoms with Crippen LogP contribution in [0.25, 0.3) is 11.3 Å². The van der Waals surface area contributed by atoms with Crippen LogP contribution < -0.4 is 0 Å². The van der Waals surface area contributed by atoms with Gasteiger partial charge >= 0.3 is 0 Å². The molecule has 0 aliphatic rings. The lowest BCUT2D eigenvalue weighted by Gasteiger charge is -2.02. The van der Waals surface area contributed by atoms with Crippen LogP contribution in [0.2, 0.25) is 0 Å². The van der Waals surface area contributed by atoms with Gasteiger partial charge < -0.3 is 5.11 Å². The summed E-state index contributed by atoms with van der Waals surface area (Å²) in [6.45, 7) is 2.00. The molecule has 1 aromatic heterocycles. The van der Waals surface area contributed by atoms with E-state index in [1.807, 2.05) is 31.2 Å². The molecule has 1 heterocycles. The number of aromatic amines is 1. The molecule has 13 heavy (non-hydrogen) atoms. The second-order valence-corrected chi connectivity index (χ2v) is 2.95. The summed E-state index contributed by atoms with van der Waals surface area (Å²) in [5.41, 5.74) is 2.78. The van der Waals surface area contributed by atoms with Gasteiger partial charge in [-0.25, -0.2) is 0 Å².